The van der Waals surface area contributed by atoms with E-state index < -0.39 is 45.1 Å². The highest BCUT2D eigenvalue weighted by Gasteiger charge is 2.46. The van der Waals surface area contributed by atoms with Crippen LogP contribution in [0.3, 0.4) is 0 Å². The van der Waals surface area contributed by atoms with Crippen LogP contribution < -0.4 is 0 Å². The lowest BCUT2D eigenvalue weighted by Crippen LogP contribution is -2.58. The fourth-order valence-corrected chi connectivity index (χ4v) is 1.73. The Morgan fingerprint density at radius 3 is 2.12 bits per heavy atom. The van der Waals surface area contributed by atoms with Crippen molar-refractivity contribution in [1.29, 1.82) is 0 Å². The minimum Gasteiger partial charge on any atom is -0.394 e. The van der Waals surface area contributed by atoms with Crippen LogP contribution in [-0.2, 0) is 13.8 Å². The maximum atomic E-state index is 10.5. The molecule has 0 bridgehead atoms. The maximum absolute atomic E-state index is 10.5. The SMILES string of the molecule is O=P(O)(O)O[C@@H]1O[C@H](CO)[C@H](O)[C@@H](O)[C@@H]1O. The van der Waals surface area contributed by atoms with Gasteiger partial charge >= 0.3 is 7.82 Å². The van der Waals surface area contributed by atoms with Gasteiger partial charge in [0.2, 0.25) is 0 Å². The zero-order valence-electron chi connectivity index (χ0n) is 7.95. The van der Waals surface area contributed by atoms with Gasteiger partial charge in [0.25, 0.3) is 0 Å². The smallest absolute Gasteiger partial charge is 0.394 e. The summed E-state index contributed by atoms with van der Waals surface area (Å²) in [6.45, 7) is -0.702. The molecule has 0 radical (unpaired) electrons. The molecule has 1 saturated heterocycles. The van der Waals surface area contributed by atoms with E-state index in [1.807, 2.05) is 0 Å². The molecule has 0 aromatic heterocycles. The van der Waals surface area contributed by atoms with Crippen molar-refractivity contribution in [3.05, 3.63) is 0 Å². The topological polar surface area (TPSA) is 157 Å². The second-order valence-corrected chi connectivity index (χ2v) is 4.49. The summed E-state index contributed by atoms with van der Waals surface area (Å²) in [6.07, 6.45) is -8.25. The van der Waals surface area contributed by atoms with E-state index in [0.717, 1.165) is 0 Å². The molecule has 6 N–H and O–H groups in total. The van der Waals surface area contributed by atoms with Gasteiger partial charge in [0, 0.05) is 0 Å². The number of aliphatic hydroxyl groups is 4. The molecule has 0 spiro atoms. The van der Waals surface area contributed by atoms with Crippen LogP contribution in [0.5, 0.6) is 0 Å². The molecule has 1 heterocycles. The molecule has 1 aliphatic heterocycles. The van der Waals surface area contributed by atoms with Gasteiger partial charge in [0.15, 0.2) is 6.29 Å². The summed E-state index contributed by atoms with van der Waals surface area (Å²) in [6, 6.07) is 0. The highest BCUT2D eigenvalue weighted by Crippen LogP contribution is 2.40. The van der Waals surface area contributed by atoms with Gasteiger partial charge in [-0.05, 0) is 0 Å². The number of hydrogen-bond donors (Lipinski definition) is 6. The number of hydrogen-bond acceptors (Lipinski definition) is 7. The molecule has 1 rings (SSSR count). The van der Waals surface area contributed by atoms with Crippen molar-refractivity contribution in [3.8, 4) is 0 Å². The van der Waals surface area contributed by atoms with Gasteiger partial charge in [-0.3, -0.25) is 4.52 Å². The Kier molecular flexibility index (Phi) is 4.41. The summed E-state index contributed by atoms with van der Waals surface area (Å²) < 4.78 is 19.2. The second kappa shape index (κ2) is 5.05. The number of aliphatic hydroxyl groups excluding tert-OH is 4. The Bertz CT molecular complexity index is 275. The normalized spacial score (nSPS) is 41.0. The van der Waals surface area contributed by atoms with Crippen LogP contribution in [0.15, 0.2) is 0 Å². The van der Waals surface area contributed by atoms with Crippen molar-refractivity contribution < 1.29 is 44.0 Å². The highest BCUT2D eigenvalue weighted by molar-refractivity contribution is 7.46. The Hall–Kier alpha value is -0.0900. The molecule has 0 aromatic carbocycles. The lowest BCUT2D eigenvalue weighted by Gasteiger charge is -2.39. The van der Waals surface area contributed by atoms with E-state index in [4.69, 9.17) is 14.9 Å². The number of phosphoric ester groups is 1. The summed E-state index contributed by atoms with van der Waals surface area (Å²) in [4.78, 5) is 17.0. The fraction of sp³-hybridized carbons (Fsp3) is 1.00. The molecule has 0 unspecified atom stereocenters. The minimum atomic E-state index is -4.91. The van der Waals surface area contributed by atoms with Crippen molar-refractivity contribution in [3.63, 3.8) is 0 Å². The summed E-state index contributed by atoms with van der Waals surface area (Å²) >= 11 is 0. The lowest BCUT2D eigenvalue weighted by molar-refractivity contribution is -0.280. The fourth-order valence-electron chi connectivity index (χ4n) is 1.29. The quantitative estimate of drug-likeness (QED) is 0.289. The molecule has 1 aliphatic rings. The van der Waals surface area contributed by atoms with E-state index in [2.05, 4.69) is 9.26 Å². The Labute approximate surface area is 90.1 Å². The summed E-state index contributed by atoms with van der Waals surface area (Å²) in [7, 11) is -4.91. The molecular formula is C6H13O9P. The van der Waals surface area contributed by atoms with Crippen LogP contribution in [0.2, 0.25) is 0 Å². The lowest BCUT2D eigenvalue weighted by atomic mass is 10.00. The molecule has 9 nitrogen and oxygen atoms in total. The standard InChI is InChI=1S/C6H13O9P/c7-1-2-3(8)4(9)5(10)6(14-2)15-16(11,12)13/h2-10H,1H2,(H2,11,12,13)/t2-,3+,4-,5+,6+/m1/s1. The van der Waals surface area contributed by atoms with Crippen molar-refractivity contribution in [2.24, 2.45) is 0 Å². The van der Waals surface area contributed by atoms with Crippen molar-refractivity contribution in [2.45, 2.75) is 30.7 Å². The summed E-state index contributed by atoms with van der Waals surface area (Å²) in [5, 5.41) is 36.6. The predicted molar refractivity (Wildman–Crippen MR) is 46.9 cm³/mol. The van der Waals surface area contributed by atoms with Crippen molar-refractivity contribution in [1.82, 2.24) is 0 Å². The van der Waals surface area contributed by atoms with Gasteiger partial charge in [-0.15, -0.1) is 0 Å². The average Bonchev–Trinajstić information content (AvgIpc) is 2.17. The zero-order valence-corrected chi connectivity index (χ0v) is 8.84. The van der Waals surface area contributed by atoms with Gasteiger partial charge in [-0.25, -0.2) is 4.57 Å². The van der Waals surface area contributed by atoms with Crippen LogP contribution in [-0.4, -0.2) is 67.5 Å². The van der Waals surface area contributed by atoms with E-state index in [0.29, 0.717) is 0 Å². The second-order valence-electron chi connectivity index (χ2n) is 3.29. The Morgan fingerprint density at radius 1 is 1.12 bits per heavy atom. The van der Waals surface area contributed by atoms with E-state index in [-0.39, 0.29) is 0 Å². The van der Waals surface area contributed by atoms with Crippen molar-refractivity contribution >= 4 is 7.82 Å². The van der Waals surface area contributed by atoms with Crippen LogP contribution in [0.4, 0.5) is 0 Å². The Morgan fingerprint density at radius 2 is 1.69 bits per heavy atom. The monoisotopic (exact) mass is 260 g/mol. The number of ether oxygens (including phenoxy) is 1. The van der Waals surface area contributed by atoms with Crippen LogP contribution in [0.1, 0.15) is 0 Å². The van der Waals surface area contributed by atoms with Gasteiger partial charge in [0.1, 0.15) is 24.4 Å². The minimum absolute atomic E-state index is 0.702. The zero-order chi connectivity index (χ0) is 12.5. The molecule has 5 atom stereocenters. The van der Waals surface area contributed by atoms with Crippen LogP contribution in [0.25, 0.3) is 0 Å². The van der Waals surface area contributed by atoms with Gasteiger partial charge in [0.05, 0.1) is 6.61 Å². The molecule has 0 aromatic rings. The third-order valence-electron chi connectivity index (χ3n) is 2.09. The average molecular weight is 260 g/mol. The van der Waals surface area contributed by atoms with E-state index in [1.165, 1.54) is 0 Å². The summed E-state index contributed by atoms with van der Waals surface area (Å²) in [5.74, 6) is 0. The molecule has 10 heteroatoms. The first-order valence-corrected chi connectivity index (χ1v) is 5.83. The number of phosphoric acid groups is 1. The highest BCUT2D eigenvalue weighted by atomic mass is 31.2. The third kappa shape index (κ3) is 3.20. The molecule has 0 saturated carbocycles. The predicted octanol–water partition coefficient (Wildman–Crippen LogP) is -3.10. The van der Waals surface area contributed by atoms with Crippen LogP contribution in [0, 0.1) is 0 Å². The first kappa shape index (κ1) is 14.0. The summed E-state index contributed by atoms with van der Waals surface area (Å²) in [5.41, 5.74) is 0. The van der Waals surface area contributed by atoms with Crippen molar-refractivity contribution in [2.75, 3.05) is 6.61 Å². The first-order chi connectivity index (χ1) is 7.26. The van der Waals surface area contributed by atoms with E-state index in [1.54, 1.807) is 0 Å². The van der Waals surface area contributed by atoms with Gasteiger partial charge in [-0.2, -0.15) is 0 Å². The molecule has 16 heavy (non-hydrogen) atoms. The van der Waals surface area contributed by atoms with Gasteiger partial charge in [-0.1, -0.05) is 0 Å². The molecular weight excluding hydrogens is 247 g/mol. The molecule has 0 aliphatic carbocycles. The molecule has 1 fully saturated rings. The molecule has 96 valence electrons. The third-order valence-corrected chi connectivity index (χ3v) is 2.57. The molecule has 0 amide bonds. The van der Waals surface area contributed by atoms with E-state index in [9.17, 15) is 19.9 Å². The van der Waals surface area contributed by atoms with E-state index >= 15 is 0 Å². The maximum Gasteiger partial charge on any atom is 0.472 e. The largest absolute Gasteiger partial charge is 0.472 e. The number of rotatable bonds is 3. The van der Waals surface area contributed by atoms with Gasteiger partial charge < -0.3 is 34.9 Å². The first-order valence-electron chi connectivity index (χ1n) is 4.30. The Balaban J connectivity index is 2.75. The van der Waals surface area contributed by atoms with Crippen LogP contribution >= 0.6 is 7.82 Å².